The van der Waals surface area contributed by atoms with Gasteiger partial charge in [0, 0.05) is 5.92 Å². The topological polar surface area (TPSA) is 624 Å². The maximum Gasteiger partial charge on any atom is 0.187 e. The molecule has 39 nitrogen and oxygen atoms in total. The molecule has 39 heteroatoms. The summed E-state index contributed by atoms with van der Waals surface area (Å²) in [5.74, 6) is -1.75. The number of aliphatic hydroxyl groups is 24. The maximum atomic E-state index is 11.6. The third-order valence-corrected chi connectivity index (χ3v) is 17.2. The lowest BCUT2D eigenvalue weighted by Crippen LogP contribution is -2.70. The second kappa shape index (κ2) is 29.4. The first-order valence-corrected chi connectivity index (χ1v) is 28.0. The normalized spacial score (nSPS) is 55.7. The van der Waals surface area contributed by atoms with Gasteiger partial charge in [-0.1, -0.05) is 0 Å². The number of rotatable bonds is 8. The van der Waals surface area contributed by atoms with Crippen LogP contribution < -0.4 is 0 Å². The molecule has 30 saturated heterocycles. The summed E-state index contributed by atoms with van der Waals surface area (Å²) in [4.78, 5) is 0. The van der Waals surface area contributed by atoms with Crippen molar-refractivity contribution in [2.24, 2.45) is 5.92 Å². The summed E-state index contributed by atoms with van der Waals surface area (Å²) >= 11 is 0. The van der Waals surface area contributed by atoms with Crippen molar-refractivity contribution >= 4 is 0 Å². The van der Waals surface area contributed by atoms with Crippen LogP contribution in [0.25, 0.3) is 0 Å². The number of hydrogen-bond acceptors (Lipinski definition) is 39. The molecule has 506 valence electrons. The average Bonchev–Trinajstić information content (AvgIpc) is 1.18. The molecule has 0 aromatic rings. The van der Waals surface area contributed by atoms with Gasteiger partial charge in [-0.2, -0.15) is 0 Å². The quantitative estimate of drug-likeness (QED) is 0.107. The summed E-state index contributed by atoms with van der Waals surface area (Å²) in [5.41, 5.74) is 0. The molecule has 0 aromatic carbocycles. The van der Waals surface area contributed by atoms with Gasteiger partial charge in [0.25, 0.3) is 0 Å². The third kappa shape index (κ3) is 13.5. The van der Waals surface area contributed by atoms with Crippen LogP contribution in [0.5, 0.6) is 0 Å². The van der Waals surface area contributed by atoms with E-state index in [-0.39, 0.29) is 0 Å². The number of aliphatic hydroxyl groups excluding tert-OH is 24. The van der Waals surface area contributed by atoms with Crippen LogP contribution in [-0.2, 0) is 71.1 Å². The Hall–Kier alpha value is -1.56. The Morgan fingerprint density at radius 2 is 0.299 bits per heavy atom. The molecule has 30 heterocycles. The SMILES string of the molecule is OC[C@H]1OC2C3[C@@H](CO)OC(O[C@H]4[C@H](O)[C@@H](O)[C@@H](O[C@H]5[C@H](O)[C@@H](O)[C@@H](O[C@H]6[C@H](O)[C@@H](O)[C@@H](O[C@H]7[C@H](O)[C@@H](O)[C@@H](O[C@H]8[C@H](O)[C@@H](O)[C@@H](O[C@H]9[C@H](O)[C@@H](O)C(OC1[C@H](O)[C@H]2O)O[C@@H]9CO)O[C@@H]8CO)O[C@@H]7CO)O[C@@H]6CO)O[C@@H]5CO)O[C@@H]4CO)[C@H](O)[C@H]3O. The molecule has 0 amide bonds. The summed E-state index contributed by atoms with van der Waals surface area (Å²) in [5, 5.41) is 266. The summed E-state index contributed by atoms with van der Waals surface area (Å²) in [6.07, 6.45) is -79.7. The Kier molecular flexibility index (Phi) is 23.6. The summed E-state index contributed by atoms with van der Waals surface area (Å²) in [7, 11) is 0. The first kappa shape index (κ1) is 69.8. The molecule has 5 unspecified atom stereocenters. The minimum Gasteiger partial charge on any atom is -0.394 e. The minimum absolute atomic E-state index is 1.07. The molecule has 30 aliphatic rings. The number of ether oxygens (including phenoxy) is 15. The van der Waals surface area contributed by atoms with Gasteiger partial charge in [-0.25, -0.2) is 0 Å². The Morgan fingerprint density at radius 1 is 0.149 bits per heavy atom. The third-order valence-electron chi connectivity index (χ3n) is 17.2. The summed E-state index contributed by atoms with van der Waals surface area (Å²) in [6, 6.07) is 0. The molecule has 87 heavy (non-hydrogen) atoms. The Bertz CT molecular complexity index is 2120. The Morgan fingerprint density at radius 3 is 0.494 bits per heavy atom. The zero-order valence-electron chi connectivity index (χ0n) is 45.6. The molecule has 30 aliphatic heterocycles. The molecule has 0 saturated carbocycles. The highest BCUT2D eigenvalue weighted by atomic mass is 16.8. The van der Waals surface area contributed by atoms with Crippen molar-refractivity contribution in [1.29, 1.82) is 0 Å². The van der Waals surface area contributed by atoms with E-state index in [9.17, 15) is 123 Å². The smallest absolute Gasteiger partial charge is 0.187 e. The monoisotopic (exact) mass is 1280 g/mol. The van der Waals surface area contributed by atoms with Crippen molar-refractivity contribution in [2.45, 2.75) is 239 Å². The minimum atomic E-state index is -2.25. The fourth-order valence-corrected chi connectivity index (χ4v) is 12.3. The highest BCUT2D eigenvalue weighted by molar-refractivity contribution is 5.05. The molecular formula is C48H80O39. The lowest BCUT2D eigenvalue weighted by atomic mass is 9.78. The van der Waals surface area contributed by atoms with Crippen molar-refractivity contribution in [3.8, 4) is 0 Å². The van der Waals surface area contributed by atoms with Gasteiger partial charge in [0.2, 0.25) is 0 Å². The molecule has 40 atom stereocenters. The lowest BCUT2D eigenvalue weighted by Gasteiger charge is -2.52. The van der Waals surface area contributed by atoms with Crippen molar-refractivity contribution in [2.75, 3.05) is 52.9 Å². The Labute approximate surface area is 491 Å². The van der Waals surface area contributed by atoms with E-state index in [4.69, 9.17) is 71.1 Å². The van der Waals surface area contributed by atoms with Crippen molar-refractivity contribution in [3.63, 3.8) is 0 Å². The summed E-state index contributed by atoms with van der Waals surface area (Å²) in [6.45, 7) is -8.63. The van der Waals surface area contributed by atoms with Crippen LogP contribution in [0.1, 0.15) is 0 Å². The molecule has 30 rings (SSSR count). The van der Waals surface area contributed by atoms with Gasteiger partial charge in [-0.05, 0) is 0 Å². The zero-order chi connectivity index (χ0) is 63.4. The predicted molar refractivity (Wildman–Crippen MR) is 260 cm³/mol. The van der Waals surface area contributed by atoms with Crippen molar-refractivity contribution in [3.05, 3.63) is 0 Å². The van der Waals surface area contributed by atoms with Crippen LogP contribution in [0.3, 0.4) is 0 Å². The van der Waals surface area contributed by atoms with Gasteiger partial charge in [-0.15, -0.1) is 0 Å². The molecule has 0 aromatic heterocycles. The predicted octanol–water partition coefficient (Wildman–Crippen LogP) is -17.1. The molecule has 0 radical (unpaired) electrons. The maximum absolute atomic E-state index is 11.6. The van der Waals surface area contributed by atoms with E-state index in [0.717, 1.165) is 0 Å². The average molecular weight is 1280 g/mol. The fourth-order valence-electron chi connectivity index (χ4n) is 12.3. The van der Waals surface area contributed by atoms with Crippen LogP contribution in [0, 0.1) is 5.92 Å². The second-order valence-electron chi connectivity index (χ2n) is 22.5. The Balaban J connectivity index is 0.990. The number of hydrogen-bond donors (Lipinski definition) is 24. The molecule has 0 spiro atoms. The molecular weight excluding hydrogens is 1200 g/mol. The van der Waals surface area contributed by atoms with Gasteiger partial charge in [0.1, 0.15) is 177 Å². The zero-order valence-corrected chi connectivity index (χ0v) is 45.6. The van der Waals surface area contributed by atoms with E-state index in [2.05, 4.69) is 0 Å². The highest BCUT2D eigenvalue weighted by Crippen LogP contribution is 2.42. The van der Waals surface area contributed by atoms with E-state index in [1.807, 2.05) is 0 Å². The van der Waals surface area contributed by atoms with E-state index in [0.29, 0.717) is 0 Å². The lowest BCUT2D eigenvalue weighted by molar-refractivity contribution is -0.398. The van der Waals surface area contributed by atoms with Crippen LogP contribution in [-0.4, -0.2) is 415 Å². The van der Waals surface area contributed by atoms with Gasteiger partial charge < -0.3 is 194 Å². The van der Waals surface area contributed by atoms with Crippen LogP contribution >= 0.6 is 0 Å². The van der Waals surface area contributed by atoms with Gasteiger partial charge in [0.05, 0.1) is 71.2 Å². The van der Waals surface area contributed by atoms with Gasteiger partial charge in [0.15, 0.2) is 44.0 Å². The van der Waals surface area contributed by atoms with E-state index in [1.54, 1.807) is 0 Å². The first-order valence-electron chi connectivity index (χ1n) is 28.0. The molecule has 24 N–H and O–H groups in total. The van der Waals surface area contributed by atoms with Crippen molar-refractivity contribution < 1.29 is 194 Å². The fraction of sp³-hybridized carbons (Fsp3) is 1.00. The van der Waals surface area contributed by atoms with Crippen LogP contribution in [0.4, 0.5) is 0 Å². The first-order chi connectivity index (χ1) is 41.4. The van der Waals surface area contributed by atoms with Gasteiger partial charge in [-0.3, -0.25) is 0 Å². The van der Waals surface area contributed by atoms with Gasteiger partial charge >= 0.3 is 0 Å². The second-order valence-corrected chi connectivity index (χ2v) is 22.5. The van der Waals surface area contributed by atoms with Crippen LogP contribution in [0.15, 0.2) is 0 Å². The summed E-state index contributed by atoms with van der Waals surface area (Å²) < 4.78 is 85.8. The molecule has 30 fully saturated rings. The van der Waals surface area contributed by atoms with E-state index < -0.39 is 298 Å². The van der Waals surface area contributed by atoms with Crippen molar-refractivity contribution in [1.82, 2.24) is 0 Å². The van der Waals surface area contributed by atoms with E-state index >= 15 is 0 Å². The highest BCUT2D eigenvalue weighted by Gasteiger charge is 2.61. The molecule has 16 bridgehead atoms. The van der Waals surface area contributed by atoms with E-state index in [1.165, 1.54) is 0 Å². The largest absolute Gasteiger partial charge is 0.394 e. The molecule has 0 aliphatic carbocycles. The standard InChI is InChI=1S/C48H80O39/c49-1-9-17-18(57)27(66)42(74-9)82-35-11(3-51)76-44(29(68)21(35)60)84-37-13(5-53)78-46(31(70)23(37)62)86-39-15(7-55)80-48(33(72)25(39)64)87-40-16(8-56)79-47(32(71)26(40)65)85-38-14(6-54)77-45(30(69)24(38)63)83-36-12(4-52)75-43(28(67)22(36)61)81-34-10(2-50)73-41(17)20(59)19(34)58/h9-72H,1-8H2/t9-,10-,11-,12-,13-,14-,15-,16-,17?,18+,19-,20-,21-,22-,23-,24-,25-,26-,27-,28-,29-,30-,31-,32-,33-,34?,35-,36-,37-,38-,39-,40-,41?,42?,43?,44-,45-,46-,47-,48-/m1/s1. The van der Waals surface area contributed by atoms with Crippen LogP contribution in [0.2, 0.25) is 0 Å².